The lowest BCUT2D eigenvalue weighted by molar-refractivity contribution is 0.275. The van der Waals surface area contributed by atoms with Gasteiger partial charge in [0.2, 0.25) is 0 Å². The van der Waals surface area contributed by atoms with Crippen molar-refractivity contribution < 1.29 is 4.39 Å². The maximum atomic E-state index is 13.4. The number of fused-ring (bicyclic) bond motifs is 1. The first kappa shape index (κ1) is 12.9. The highest BCUT2D eigenvalue weighted by Crippen LogP contribution is 2.38. The van der Waals surface area contributed by atoms with Gasteiger partial charge in [0.05, 0.1) is 0 Å². The molecular formula is C15H16BrFN2. The zero-order chi connectivity index (χ0) is 13.6. The average molecular weight is 323 g/mol. The Bertz CT molecular complexity index is 631. The molecule has 4 heteroatoms. The second-order valence-corrected chi connectivity index (χ2v) is 6.43. The van der Waals surface area contributed by atoms with Gasteiger partial charge in [-0.05, 0) is 54.8 Å². The van der Waals surface area contributed by atoms with Crippen LogP contribution in [0.3, 0.4) is 0 Å². The lowest BCUT2D eigenvalue weighted by atomic mass is 9.93. The van der Waals surface area contributed by atoms with Gasteiger partial charge in [-0.3, -0.25) is 0 Å². The van der Waals surface area contributed by atoms with Crippen molar-refractivity contribution in [2.45, 2.75) is 38.6 Å². The number of nitrogens with zero attached hydrogens (tertiary/aromatic N) is 2. The summed E-state index contributed by atoms with van der Waals surface area (Å²) in [5, 5.41) is 0. The Balaban J connectivity index is 2.18. The number of imidazole rings is 1. The van der Waals surface area contributed by atoms with Crippen LogP contribution < -0.4 is 0 Å². The molecule has 0 amide bonds. The Morgan fingerprint density at radius 2 is 2.16 bits per heavy atom. The highest BCUT2D eigenvalue weighted by molar-refractivity contribution is 9.10. The second-order valence-electron chi connectivity index (χ2n) is 5.68. The standard InChI is InChI=1S/C15H16BrFN2/c1-15(2)8-4-7-12-18-13(14(16)19(12)15)10-5-3-6-11(17)9-10/h3,5-6,9H,4,7-8H2,1-2H3. The molecule has 0 saturated heterocycles. The van der Waals surface area contributed by atoms with Gasteiger partial charge in [0.1, 0.15) is 21.9 Å². The van der Waals surface area contributed by atoms with Gasteiger partial charge in [-0.2, -0.15) is 0 Å². The van der Waals surface area contributed by atoms with Crippen LogP contribution in [0.4, 0.5) is 4.39 Å². The number of rotatable bonds is 1. The zero-order valence-corrected chi connectivity index (χ0v) is 12.7. The molecule has 19 heavy (non-hydrogen) atoms. The minimum absolute atomic E-state index is 0.0605. The molecule has 0 radical (unpaired) electrons. The fraction of sp³-hybridized carbons (Fsp3) is 0.400. The third-order valence-corrected chi connectivity index (χ3v) is 4.51. The predicted octanol–water partition coefficient (Wildman–Crippen LogP) is 4.52. The molecule has 2 aromatic rings. The topological polar surface area (TPSA) is 17.8 Å². The summed E-state index contributed by atoms with van der Waals surface area (Å²) in [6.07, 6.45) is 3.27. The largest absolute Gasteiger partial charge is 0.317 e. The van der Waals surface area contributed by atoms with Gasteiger partial charge in [0.15, 0.2) is 0 Å². The molecule has 1 aliphatic rings. The van der Waals surface area contributed by atoms with Crippen LogP contribution >= 0.6 is 15.9 Å². The van der Waals surface area contributed by atoms with Crippen LogP contribution in [0, 0.1) is 5.82 Å². The van der Waals surface area contributed by atoms with E-state index >= 15 is 0 Å². The van der Waals surface area contributed by atoms with Crippen LogP contribution in [0.1, 0.15) is 32.5 Å². The van der Waals surface area contributed by atoms with Gasteiger partial charge >= 0.3 is 0 Å². The van der Waals surface area contributed by atoms with Crippen molar-refractivity contribution in [3.8, 4) is 11.3 Å². The fourth-order valence-corrected chi connectivity index (χ4v) is 3.84. The molecule has 0 unspecified atom stereocenters. The van der Waals surface area contributed by atoms with Gasteiger partial charge in [0.25, 0.3) is 0 Å². The Hall–Kier alpha value is -1.16. The first-order valence-electron chi connectivity index (χ1n) is 6.52. The SMILES string of the molecule is CC1(C)CCCc2nc(-c3cccc(F)c3)c(Br)n21. The van der Waals surface area contributed by atoms with Crippen LogP contribution in [0.15, 0.2) is 28.9 Å². The van der Waals surface area contributed by atoms with E-state index in [0.717, 1.165) is 40.9 Å². The molecule has 1 aromatic carbocycles. The van der Waals surface area contributed by atoms with Crippen LogP contribution in [-0.2, 0) is 12.0 Å². The van der Waals surface area contributed by atoms with Gasteiger partial charge in [-0.25, -0.2) is 9.37 Å². The second kappa shape index (κ2) is 4.44. The lowest BCUT2D eigenvalue weighted by Crippen LogP contribution is -2.32. The third-order valence-electron chi connectivity index (χ3n) is 3.78. The van der Waals surface area contributed by atoms with Gasteiger partial charge in [0, 0.05) is 17.5 Å². The summed E-state index contributed by atoms with van der Waals surface area (Å²) in [6.45, 7) is 4.44. The van der Waals surface area contributed by atoms with Crippen LogP contribution in [0.25, 0.3) is 11.3 Å². The van der Waals surface area contributed by atoms with E-state index in [0.29, 0.717) is 0 Å². The van der Waals surface area contributed by atoms with Gasteiger partial charge < -0.3 is 4.57 Å². The molecule has 2 nitrogen and oxygen atoms in total. The summed E-state index contributed by atoms with van der Waals surface area (Å²) < 4.78 is 16.6. The number of benzene rings is 1. The summed E-state index contributed by atoms with van der Waals surface area (Å²) >= 11 is 3.65. The number of hydrogen-bond donors (Lipinski definition) is 0. The van der Waals surface area contributed by atoms with Crippen LogP contribution in [-0.4, -0.2) is 9.55 Å². The van der Waals surface area contributed by atoms with Gasteiger partial charge in [-0.1, -0.05) is 12.1 Å². The van der Waals surface area contributed by atoms with Crippen molar-refractivity contribution in [1.29, 1.82) is 0 Å². The molecule has 1 aromatic heterocycles. The van der Waals surface area contributed by atoms with E-state index in [1.165, 1.54) is 12.1 Å². The highest BCUT2D eigenvalue weighted by Gasteiger charge is 2.31. The van der Waals surface area contributed by atoms with E-state index in [4.69, 9.17) is 4.98 Å². The summed E-state index contributed by atoms with van der Waals surface area (Å²) in [5.41, 5.74) is 1.72. The summed E-state index contributed by atoms with van der Waals surface area (Å²) in [4.78, 5) is 4.71. The zero-order valence-electron chi connectivity index (χ0n) is 11.1. The maximum Gasteiger partial charge on any atom is 0.123 e. The van der Waals surface area contributed by atoms with E-state index < -0.39 is 0 Å². The van der Waals surface area contributed by atoms with Crippen molar-refractivity contribution in [2.75, 3.05) is 0 Å². The van der Waals surface area contributed by atoms with Gasteiger partial charge in [-0.15, -0.1) is 0 Å². The Kier molecular flexibility index (Phi) is 3.01. The fourth-order valence-electron chi connectivity index (χ4n) is 2.84. The van der Waals surface area contributed by atoms with E-state index in [-0.39, 0.29) is 11.4 Å². The number of aryl methyl sites for hydroxylation is 1. The number of hydrogen-bond acceptors (Lipinski definition) is 1. The molecule has 1 aliphatic heterocycles. The molecule has 0 aliphatic carbocycles. The normalized spacial score (nSPS) is 17.3. The summed E-state index contributed by atoms with van der Waals surface area (Å²) in [6, 6.07) is 6.61. The van der Waals surface area contributed by atoms with E-state index in [1.54, 1.807) is 6.07 Å². The van der Waals surface area contributed by atoms with Crippen LogP contribution in [0.2, 0.25) is 0 Å². The molecule has 3 rings (SSSR count). The molecule has 0 N–H and O–H groups in total. The quantitative estimate of drug-likeness (QED) is 0.754. The lowest BCUT2D eigenvalue weighted by Gasteiger charge is -2.33. The van der Waals surface area contributed by atoms with E-state index in [9.17, 15) is 4.39 Å². The summed E-state index contributed by atoms with van der Waals surface area (Å²) in [5.74, 6) is 0.858. The maximum absolute atomic E-state index is 13.4. The Morgan fingerprint density at radius 3 is 2.84 bits per heavy atom. The smallest absolute Gasteiger partial charge is 0.123 e. The molecule has 0 saturated carbocycles. The average Bonchev–Trinajstić information content (AvgIpc) is 2.67. The number of halogens is 2. The van der Waals surface area contributed by atoms with Crippen LogP contribution in [0.5, 0.6) is 0 Å². The van der Waals surface area contributed by atoms with E-state index in [2.05, 4.69) is 34.3 Å². The first-order valence-corrected chi connectivity index (χ1v) is 7.32. The minimum Gasteiger partial charge on any atom is -0.317 e. The van der Waals surface area contributed by atoms with Crippen molar-refractivity contribution in [3.63, 3.8) is 0 Å². The molecule has 2 heterocycles. The first-order chi connectivity index (χ1) is 8.99. The minimum atomic E-state index is -0.227. The monoisotopic (exact) mass is 322 g/mol. The molecule has 0 spiro atoms. The molecule has 0 fully saturated rings. The van der Waals surface area contributed by atoms with Crippen molar-refractivity contribution >= 4 is 15.9 Å². The molecule has 0 bridgehead atoms. The Labute approximate surface area is 120 Å². The van der Waals surface area contributed by atoms with Crippen molar-refractivity contribution in [3.05, 3.63) is 40.5 Å². The van der Waals surface area contributed by atoms with E-state index in [1.807, 2.05) is 6.07 Å². The number of aromatic nitrogens is 2. The van der Waals surface area contributed by atoms with Crippen molar-refractivity contribution in [1.82, 2.24) is 9.55 Å². The third kappa shape index (κ3) is 2.12. The summed E-state index contributed by atoms with van der Waals surface area (Å²) in [7, 11) is 0. The van der Waals surface area contributed by atoms with Crippen molar-refractivity contribution in [2.24, 2.45) is 0 Å². The molecular weight excluding hydrogens is 307 g/mol. The molecule has 100 valence electrons. The highest BCUT2D eigenvalue weighted by atomic mass is 79.9. The Morgan fingerprint density at radius 1 is 1.37 bits per heavy atom. The molecule has 0 atom stereocenters. The predicted molar refractivity (Wildman–Crippen MR) is 77.6 cm³/mol.